The number of halogens is 3. The summed E-state index contributed by atoms with van der Waals surface area (Å²) in [5.74, 6) is -0.373. The number of benzene rings is 2. The molecule has 0 bridgehead atoms. The first-order valence-corrected chi connectivity index (χ1v) is 7.00. The van der Waals surface area contributed by atoms with E-state index < -0.39 is 0 Å². The van der Waals surface area contributed by atoms with Crippen LogP contribution in [-0.2, 0) is 6.42 Å². The van der Waals surface area contributed by atoms with Crippen LogP contribution in [-0.4, -0.2) is 0 Å². The summed E-state index contributed by atoms with van der Waals surface area (Å²) in [5, 5.41) is 0.161. The molecule has 0 saturated heterocycles. The smallest absolute Gasteiger partial charge is 0.142 e. The maximum Gasteiger partial charge on any atom is 0.142 e. The monoisotopic (exact) mass is 326 g/mol. The Hall–Kier alpha value is -0.860. The van der Waals surface area contributed by atoms with Gasteiger partial charge in [-0.2, -0.15) is 0 Å². The van der Waals surface area contributed by atoms with Crippen LogP contribution in [0.4, 0.5) is 4.39 Å². The Kier molecular flexibility index (Phi) is 4.41. The van der Waals surface area contributed by atoms with E-state index in [1.54, 1.807) is 6.07 Å². The van der Waals surface area contributed by atoms with Crippen molar-refractivity contribution in [1.29, 1.82) is 0 Å². The molecule has 0 nitrogen and oxygen atoms in total. The first-order chi connectivity index (χ1) is 8.56. The van der Waals surface area contributed by atoms with E-state index in [4.69, 9.17) is 11.6 Å². The predicted octanol–water partition coefficient (Wildman–Crippen LogP) is 5.47. The molecule has 0 amide bonds. The van der Waals surface area contributed by atoms with Crippen LogP contribution in [0.5, 0.6) is 0 Å². The number of hydrogen-bond donors (Lipinski definition) is 0. The Morgan fingerprint density at radius 3 is 2.44 bits per heavy atom. The van der Waals surface area contributed by atoms with Gasteiger partial charge in [0.15, 0.2) is 0 Å². The number of hydrogen-bond acceptors (Lipinski definition) is 0. The number of alkyl halides is 1. The molecule has 0 aliphatic heterocycles. The second-order valence-corrected chi connectivity index (χ2v) is 5.84. The summed E-state index contributed by atoms with van der Waals surface area (Å²) in [5.41, 5.74) is 3.36. The minimum atomic E-state index is -0.373. The highest BCUT2D eigenvalue weighted by molar-refractivity contribution is 9.09. The highest BCUT2D eigenvalue weighted by atomic mass is 79.9. The molecule has 94 valence electrons. The van der Waals surface area contributed by atoms with Gasteiger partial charge in [-0.1, -0.05) is 63.4 Å². The van der Waals surface area contributed by atoms with Gasteiger partial charge in [-0.25, -0.2) is 4.39 Å². The first kappa shape index (κ1) is 13.6. The second-order valence-electron chi connectivity index (χ2n) is 4.33. The van der Waals surface area contributed by atoms with Crippen molar-refractivity contribution in [3.8, 4) is 0 Å². The molecule has 1 atom stereocenters. The fraction of sp³-hybridized carbons (Fsp3) is 0.200. The van der Waals surface area contributed by atoms with Crippen LogP contribution in [0, 0.1) is 12.7 Å². The molecule has 18 heavy (non-hydrogen) atoms. The van der Waals surface area contributed by atoms with Crippen molar-refractivity contribution in [3.05, 3.63) is 70.0 Å². The summed E-state index contributed by atoms with van der Waals surface area (Å²) < 4.78 is 13.4. The van der Waals surface area contributed by atoms with Gasteiger partial charge >= 0.3 is 0 Å². The zero-order valence-corrected chi connectivity index (χ0v) is 12.3. The van der Waals surface area contributed by atoms with Gasteiger partial charge in [0.1, 0.15) is 5.82 Å². The topological polar surface area (TPSA) is 0 Å². The molecule has 3 heteroatoms. The van der Waals surface area contributed by atoms with Crippen molar-refractivity contribution < 1.29 is 4.39 Å². The predicted molar refractivity (Wildman–Crippen MR) is 78.0 cm³/mol. The molecule has 0 heterocycles. The molecular formula is C15H13BrClF. The lowest BCUT2D eigenvalue weighted by Gasteiger charge is -2.11. The van der Waals surface area contributed by atoms with E-state index in [1.807, 2.05) is 6.07 Å². The van der Waals surface area contributed by atoms with E-state index >= 15 is 0 Å². The third-order valence-electron chi connectivity index (χ3n) is 2.84. The molecule has 0 radical (unpaired) electrons. The lowest BCUT2D eigenvalue weighted by Crippen LogP contribution is -1.96. The van der Waals surface area contributed by atoms with E-state index in [1.165, 1.54) is 17.2 Å². The summed E-state index contributed by atoms with van der Waals surface area (Å²) in [6.45, 7) is 2.06. The van der Waals surface area contributed by atoms with Gasteiger partial charge in [-0.3, -0.25) is 0 Å². The average Bonchev–Trinajstić information content (AvgIpc) is 2.35. The Morgan fingerprint density at radius 1 is 1.17 bits per heavy atom. The van der Waals surface area contributed by atoms with E-state index in [-0.39, 0.29) is 15.7 Å². The van der Waals surface area contributed by atoms with Gasteiger partial charge in [0.05, 0.1) is 5.02 Å². The van der Waals surface area contributed by atoms with Gasteiger partial charge in [-0.15, -0.1) is 0 Å². The average molecular weight is 328 g/mol. The molecule has 0 saturated carbocycles. The van der Waals surface area contributed by atoms with Crippen molar-refractivity contribution in [2.75, 3.05) is 0 Å². The Bertz CT molecular complexity index is 537. The van der Waals surface area contributed by atoms with Gasteiger partial charge in [-0.05, 0) is 36.6 Å². The lowest BCUT2D eigenvalue weighted by molar-refractivity contribution is 0.625. The number of aryl methyl sites for hydroxylation is 1. The molecule has 2 aromatic rings. The van der Waals surface area contributed by atoms with E-state index in [9.17, 15) is 4.39 Å². The highest BCUT2D eigenvalue weighted by Gasteiger charge is 2.10. The van der Waals surface area contributed by atoms with Gasteiger partial charge in [0.2, 0.25) is 0 Å². The maximum atomic E-state index is 13.4. The van der Waals surface area contributed by atoms with Crippen molar-refractivity contribution in [3.63, 3.8) is 0 Å². The van der Waals surface area contributed by atoms with Crippen LogP contribution < -0.4 is 0 Å². The molecular weight excluding hydrogens is 315 g/mol. The molecule has 0 spiro atoms. The highest BCUT2D eigenvalue weighted by Crippen LogP contribution is 2.29. The standard InChI is InChI=1S/C15H13BrClF/c1-10-2-4-11(5-3-10)8-13(16)12-6-7-14(17)15(18)9-12/h2-7,9,13H,8H2,1H3. The van der Waals surface area contributed by atoms with Crippen molar-refractivity contribution in [1.82, 2.24) is 0 Å². The Morgan fingerprint density at radius 2 is 1.83 bits per heavy atom. The zero-order valence-electron chi connectivity index (χ0n) is 9.96. The van der Waals surface area contributed by atoms with E-state index in [0.29, 0.717) is 0 Å². The molecule has 2 rings (SSSR count). The molecule has 0 aromatic heterocycles. The van der Waals surface area contributed by atoms with Crippen LogP contribution in [0.15, 0.2) is 42.5 Å². The molecule has 0 aliphatic rings. The summed E-state index contributed by atoms with van der Waals surface area (Å²) >= 11 is 9.26. The van der Waals surface area contributed by atoms with Crippen LogP contribution in [0.25, 0.3) is 0 Å². The maximum absolute atomic E-state index is 13.4. The SMILES string of the molecule is Cc1ccc(CC(Br)c2ccc(Cl)c(F)c2)cc1. The third kappa shape index (κ3) is 3.33. The quantitative estimate of drug-likeness (QED) is 0.656. The number of rotatable bonds is 3. The molecule has 0 N–H and O–H groups in total. The van der Waals surface area contributed by atoms with E-state index in [2.05, 4.69) is 47.1 Å². The van der Waals surface area contributed by atoms with Crippen LogP contribution in [0.2, 0.25) is 5.02 Å². The van der Waals surface area contributed by atoms with Crippen LogP contribution in [0.3, 0.4) is 0 Å². The first-order valence-electron chi connectivity index (χ1n) is 5.71. The van der Waals surface area contributed by atoms with Crippen molar-refractivity contribution in [2.24, 2.45) is 0 Å². The van der Waals surface area contributed by atoms with Gasteiger partial charge < -0.3 is 0 Å². The molecule has 1 unspecified atom stereocenters. The molecule has 2 aromatic carbocycles. The summed E-state index contributed by atoms with van der Waals surface area (Å²) in [6.07, 6.45) is 0.821. The zero-order chi connectivity index (χ0) is 13.1. The lowest BCUT2D eigenvalue weighted by atomic mass is 10.0. The van der Waals surface area contributed by atoms with Gasteiger partial charge in [0, 0.05) is 4.83 Å². The molecule has 0 aliphatic carbocycles. The fourth-order valence-corrected chi connectivity index (χ4v) is 2.53. The van der Waals surface area contributed by atoms with Crippen LogP contribution >= 0.6 is 27.5 Å². The van der Waals surface area contributed by atoms with Crippen molar-refractivity contribution in [2.45, 2.75) is 18.2 Å². The summed E-state index contributed by atoms with van der Waals surface area (Å²) in [7, 11) is 0. The van der Waals surface area contributed by atoms with Gasteiger partial charge in [0.25, 0.3) is 0 Å². The Balaban J connectivity index is 2.13. The fourth-order valence-electron chi connectivity index (χ4n) is 1.76. The van der Waals surface area contributed by atoms with Crippen molar-refractivity contribution >= 4 is 27.5 Å². The summed E-state index contributed by atoms with van der Waals surface area (Å²) in [6, 6.07) is 13.3. The Labute approximate surface area is 120 Å². The minimum absolute atomic E-state index is 0.0898. The second kappa shape index (κ2) is 5.85. The third-order valence-corrected chi connectivity index (χ3v) is 4.00. The molecule has 0 fully saturated rings. The normalized spacial score (nSPS) is 12.4. The minimum Gasteiger partial charge on any atom is -0.205 e. The summed E-state index contributed by atoms with van der Waals surface area (Å²) in [4.78, 5) is 0.0898. The largest absolute Gasteiger partial charge is 0.205 e. The van der Waals surface area contributed by atoms with E-state index in [0.717, 1.165) is 12.0 Å². The van der Waals surface area contributed by atoms with Crippen LogP contribution in [0.1, 0.15) is 21.5 Å².